The van der Waals surface area contributed by atoms with Crippen molar-refractivity contribution >= 4 is 11.8 Å². The van der Waals surface area contributed by atoms with E-state index in [1.54, 1.807) is 6.07 Å². The lowest BCUT2D eigenvalue weighted by molar-refractivity contribution is 0.0561. The number of hydrogen-bond donors (Lipinski definition) is 0. The molecule has 0 aliphatic carbocycles. The van der Waals surface area contributed by atoms with Gasteiger partial charge >= 0.3 is 5.97 Å². The molecule has 0 spiro atoms. The number of halogens is 1. The van der Waals surface area contributed by atoms with Gasteiger partial charge in [-0.15, -0.1) is 0 Å². The minimum Gasteiger partial charge on any atom is -0.485 e. The smallest absolute Gasteiger partial charge is 0.373 e. The van der Waals surface area contributed by atoms with Crippen molar-refractivity contribution in [2.24, 2.45) is 0 Å². The maximum absolute atomic E-state index is 13.1. The van der Waals surface area contributed by atoms with Crippen LogP contribution in [0.5, 0.6) is 5.75 Å². The minimum absolute atomic E-state index is 0.00288. The normalized spacial score (nSPS) is 10.2. The van der Waals surface area contributed by atoms with Gasteiger partial charge in [0, 0.05) is 0 Å². The molecule has 0 amide bonds. The molecule has 21 heavy (non-hydrogen) atoms. The molecular weight excluding hydrogens is 279 g/mol. The first-order valence-corrected chi connectivity index (χ1v) is 6.11. The van der Waals surface area contributed by atoms with Gasteiger partial charge in [-0.1, -0.05) is 0 Å². The summed E-state index contributed by atoms with van der Waals surface area (Å²) in [6.07, 6.45) is 0. The summed E-state index contributed by atoms with van der Waals surface area (Å²) < 4.78 is 28.3. The Balaban J connectivity index is 2.11. The lowest BCUT2D eigenvalue weighted by atomic mass is 10.1. The van der Waals surface area contributed by atoms with Gasteiger partial charge in [0.05, 0.1) is 12.7 Å². The van der Waals surface area contributed by atoms with Crippen LogP contribution >= 0.6 is 0 Å². The molecule has 0 radical (unpaired) electrons. The van der Waals surface area contributed by atoms with E-state index < -0.39 is 11.8 Å². The number of esters is 1. The lowest BCUT2D eigenvalue weighted by Gasteiger charge is -2.08. The number of rotatable bonds is 5. The highest BCUT2D eigenvalue weighted by atomic mass is 19.1. The third-order valence-corrected chi connectivity index (χ3v) is 2.74. The predicted octanol–water partition coefficient (Wildman–Crippen LogP) is 2.99. The highest BCUT2D eigenvalue weighted by Gasteiger charge is 2.13. The number of furan rings is 1. The van der Waals surface area contributed by atoms with E-state index in [9.17, 15) is 14.0 Å². The van der Waals surface area contributed by atoms with Crippen molar-refractivity contribution in [1.82, 2.24) is 0 Å². The molecule has 0 N–H and O–H groups in total. The number of hydrogen-bond acceptors (Lipinski definition) is 5. The summed E-state index contributed by atoms with van der Waals surface area (Å²) in [5.41, 5.74) is 0.148. The molecule has 0 aliphatic heterocycles. The zero-order valence-electron chi connectivity index (χ0n) is 11.5. The molecule has 0 atom stereocenters. The Kier molecular flexibility index (Phi) is 4.37. The molecule has 0 unspecified atom stereocenters. The number of benzene rings is 1. The van der Waals surface area contributed by atoms with E-state index in [0.29, 0.717) is 5.76 Å². The van der Waals surface area contributed by atoms with E-state index in [0.717, 1.165) is 6.07 Å². The molecular formula is C15H13FO5. The summed E-state index contributed by atoms with van der Waals surface area (Å²) in [4.78, 5) is 22.7. The third-order valence-electron chi connectivity index (χ3n) is 2.74. The van der Waals surface area contributed by atoms with Crippen molar-refractivity contribution < 1.29 is 27.9 Å². The molecule has 2 rings (SSSR count). The number of methoxy groups -OCH3 is 1. The fourth-order valence-electron chi connectivity index (χ4n) is 1.72. The van der Waals surface area contributed by atoms with E-state index in [-0.39, 0.29) is 29.5 Å². The van der Waals surface area contributed by atoms with Crippen LogP contribution in [0.1, 0.15) is 33.6 Å². The molecule has 0 saturated heterocycles. The van der Waals surface area contributed by atoms with Crippen molar-refractivity contribution in [3.05, 3.63) is 53.2 Å². The number of carbonyl (C=O) groups excluding carboxylic acids is 2. The molecule has 2 aromatic rings. The Morgan fingerprint density at radius 3 is 2.67 bits per heavy atom. The van der Waals surface area contributed by atoms with Crippen molar-refractivity contribution in [1.29, 1.82) is 0 Å². The molecule has 0 fully saturated rings. The Hall–Kier alpha value is -2.63. The van der Waals surface area contributed by atoms with E-state index in [1.165, 1.54) is 32.2 Å². The summed E-state index contributed by atoms with van der Waals surface area (Å²) in [7, 11) is 1.25. The van der Waals surface area contributed by atoms with Crippen LogP contribution in [-0.4, -0.2) is 18.9 Å². The van der Waals surface area contributed by atoms with Crippen LogP contribution in [0, 0.1) is 5.82 Å². The van der Waals surface area contributed by atoms with Gasteiger partial charge in [0.15, 0.2) is 5.78 Å². The SMILES string of the molecule is COC(=O)c1ccc(COc2ccc(F)cc2C(C)=O)o1. The topological polar surface area (TPSA) is 65.7 Å². The first-order valence-electron chi connectivity index (χ1n) is 6.11. The van der Waals surface area contributed by atoms with E-state index in [4.69, 9.17) is 9.15 Å². The van der Waals surface area contributed by atoms with Crippen molar-refractivity contribution in [3.8, 4) is 5.75 Å². The zero-order chi connectivity index (χ0) is 15.4. The molecule has 0 aliphatic rings. The van der Waals surface area contributed by atoms with Gasteiger partial charge in [-0.05, 0) is 37.3 Å². The minimum atomic E-state index is -0.590. The van der Waals surface area contributed by atoms with Gasteiger partial charge in [-0.25, -0.2) is 9.18 Å². The average molecular weight is 292 g/mol. The molecule has 6 heteroatoms. The largest absolute Gasteiger partial charge is 0.485 e. The first kappa shape index (κ1) is 14.8. The fraction of sp³-hybridized carbons (Fsp3) is 0.200. The van der Waals surface area contributed by atoms with Gasteiger partial charge in [-0.3, -0.25) is 4.79 Å². The van der Waals surface area contributed by atoms with Crippen molar-refractivity contribution in [2.45, 2.75) is 13.5 Å². The van der Waals surface area contributed by atoms with Crippen LogP contribution < -0.4 is 4.74 Å². The van der Waals surface area contributed by atoms with Crippen LogP contribution in [-0.2, 0) is 11.3 Å². The Bertz CT molecular complexity index is 674. The summed E-state index contributed by atoms with van der Waals surface area (Å²) in [6, 6.07) is 6.70. The maximum Gasteiger partial charge on any atom is 0.373 e. The van der Waals surface area contributed by atoms with Crippen molar-refractivity contribution in [3.63, 3.8) is 0 Å². The number of Topliss-reactive ketones (excluding diaryl/α,β-unsaturated/α-hetero) is 1. The highest BCUT2D eigenvalue weighted by molar-refractivity contribution is 5.96. The monoisotopic (exact) mass is 292 g/mol. The molecule has 1 aromatic carbocycles. The molecule has 0 bridgehead atoms. The Labute approximate surface area is 120 Å². The van der Waals surface area contributed by atoms with Gasteiger partial charge < -0.3 is 13.9 Å². The fourth-order valence-corrected chi connectivity index (χ4v) is 1.72. The summed E-state index contributed by atoms with van der Waals surface area (Å²) in [5.74, 6) is -0.721. The Morgan fingerprint density at radius 2 is 2.00 bits per heavy atom. The zero-order valence-corrected chi connectivity index (χ0v) is 11.5. The second kappa shape index (κ2) is 6.21. The molecule has 110 valence electrons. The van der Waals surface area contributed by atoms with E-state index in [1.807, 2.05) is 0 Å². The van der Waals surface area contributed by atoms with Crippen LogP contribution in [0.25, 0.3) is 0 Å². The highest BCUT2D eigenvalue weighted by Crippen LogP contribution is 2.22. The molecule has 5 nitrogen and oxygen atoms in total. The second-order valence-corrected chi connectivity index (χ2v) is 4.24. The number of ether oxygens (including phenoxy) is 2. The quantitative estimate of drug-likeness (QED) is 0.626. The molecule has 0 saturated carbocycles. The van der Waals surface area contributed by atoms with Gasteiger partial charge in [0.1, 0.15) is 23.9 Å². The van der Waals surface area contributed by atoms with Crippen LogP contribution in [0.15, 0.2) is 34.7 Å². The molecule has 1 heterocycles. The summed E-state index contributed by atoms with van der Waals surface area (Å²) in [5, 5.41) is 0. The summed E-state index contributed by atoms with van der Waals surface area (Å²) in [6.45, 7) is 1.33. The van der Waals surface area contributed by atoms with Crippen LogP contribution in [0.3, 0.4) is 0 Å². The number of ketones is 1. The predicted molar refractivity (Wildman–Crippen MR) is 70.8 cm³/mol. The maximum atomic E-state index is 13.1. The summed E-state index contributed by atoms with van der Waals surface area (Å²) >= 11 is 0. The van der Waals surface area contributed by atoms with Crippen LogP contribution in [0.2, 0.25) is 0 Å². The van der Waals surface area contributed by atoms with E-state index in [2.05, 4.69) is 4.74 Å². The second-order valence-electron chi connectivity index (χ2n) is 4.24. The van der Waals surface area contributed by atoms with Gasteiger partial charge in [0.2, 0.25) is 5.76 Å². The van der Waals surface area contributed by atoms with Gasteiger partial charge in [-0.2, -0.15) is 0 Å². The number of carbonyl (C=O) groups is 2. The van der Waals surface area contributed by atoms with E-state index >= 15 is 0 Å². The van der Waals surface area contributed by atoms with Crippen molar-refractivity contribution in [2.75, 3.05) is 7.11 Å². The standard InChI is InChI=1S/C15H13FO5/c1-9(17)12-7-10(16)3-5-13(12)20-8-11-4-6-14(21-11)15(18)19-2/h3-7H,8H2,1-2H3. The molecule has 1 aromatic heterocycles. The lowest BCUT2D eigenvalue weighted by Crippen LogP contribution is -2.02. The Morgan fingerprint density at radius 1 is 1.24 bits per heavy atom. The van der Waals surface area contributed by atoms with Gasteiger partial charge in [0.25, 0.3) is 0 Å². The van der Waals surface area contributed by atoms with Crippen LogP contribution in [0.4, 0.5) is 4.39 Å². The first-order chi connectivity index (χ1) is 10.0. The average Bonchev–Trinajstić information content (AvgIpc) is 2.93. The third kappa shape index (κ3) is 3.47.